The van der Waals surface area contributed by atoms with Crippen molar-refractivity contribution in [2.45, 2.75) is 39.2 Å². The van der Waals surface area contributed by atoms with Gasteiger partial charge in [-0.15, -0.1) is 0 Å². The Labute approximate surface area is 80.0 Å². The van der Waals surface area contributed by atoms with Crippen LogP contribution in [0, 0.1) is 0 Å². The number of hydrogen-bond donors (Lipinski definition) is 0. The van der Waals surface area contributed by atoms with Crippen molar-refractivity contribution in [3.63, 3.8) is 0 Å². The van der Waals surface area contributed by atoms with Crippen LogP contribution < -0.4 is 4.74 Å². The lowest BCUT2D eigenvalue weighted by atomic mass is 10.2. The minimum atomic E-state index is 0.319. The first-order chi connectivity index (χ1) is 6.36. The number of aromatic nitrogens is 1. The van der Waals surface area contributed by atoms with Gasteiger partial charge in [0, 0.05) is 12.3 Å². The normalized spacial score (nSPS) is 12.5. The summed E-state index contributed by atoms with van der Waals surface area (Å²) in [5.41, 5.74) is 0. The number of ether oxygens (including phenoxy) is 1. The number of pyridine rings is 1. The Kier molecular flexibility index (Phi) is 4.30. The van der Waals surface area contributed by atoms with Crippen LogP contribution in [0.15, 0.2) is 24.4 Å². The van der Waals surface area contributed by atoms with E-state index >= 15 is 0 Å². The number of hydrogen-bond acceptors (Lipinski definition) is 2. The highest BCUT2D eigenvalue weighted by Crippen LogP contribution is 2.12. The lowest BCUT2D eigenvalue weighted by Gasteiger charge is -2.15. The molecule has 2 heteroatoms. The monoisotopic (exact) mass is 179 g/mol. The van der Waals surface area contributed by atoms with Gasteiger partial charge >= 0.3 is 0 Å². The van der Waals surface area contributed by atoms with Crippen molar-refractivity contribution in [1.82, 2.24) is 4.98 Å². The van der Waals surface area contributed by atoms with Crippen LogP contribution in [0.3, 0.4) is 0 Å². The molecule has 1 rings (SSSR count). The Morgan fingerprint density at radius 3 is 2.77 bits per heavy atom. The number of rotatable bonds is 5. The van der Waals surface area contributed by atoms with Gasteiger partial charge in [0.15, 0.2) is 0 Å². The Bertz CT molecular complexity index is 223. The van der Waals surface area contributed by atoms with E-state index in [1.54, 1.807) is 6.20 Å². The second-order valence-corrected chi connectivity index (χ2v) is 3.10. The van der Waals surface area contributed by atoms with E-state index < -0.39 is 0 Å². The third-order valence-electron chi connectivity index (χ3n) is 1.99. The molecule has 0 aromatic carbocycles. The first kappa shape index (κ1) is 10.0. The van der Waals surface area contributed by atoms with Crippen LogP contribution in [-0.4, -0.2) is 11.1 Å². The predicted octanol–water partition coefficient (Wildman–Crippen LogP) is 3.04. The molecule has 13 heavy (non-hydrogen) atoms. The van der Waals surface area contributed by atoms with E-state index in [9.17, 15) is 0 Å². The van der Waals surface area contributed by atoms with Crippen LogP contribution >= 0.6 is 0 Å². The van der Waals surface area contributed by atoms with Gasteiger partial charge in [0.25, 0.3) is 0 Å². The summed E-state index contributed by atoms with van der Waals surface area (Å²) >= 11 is 0. The molecule has 0 aliphatic rings. The summed E-state index contributed by atoms with van der Waals surface area (Å²) in [5.74, 6) is 0.739. The van der Waals surface area contributed by atoms with Crippen molar-refractivity contribution in [2.24, 2.45) is 0 Å². The molecule has 1 atom stereocenters. The second kappa shape index (κ2) is 5.57. The highest BCUT2D eigenvalue weighted by atomic mass is 16.5. The van der Waals surface area contributed by atoms with Crippen LogP contribution in [0.1, 0.15) is 33.1 Å². The van der Waals surface area contributed by atoms with Crippen molar-refractivity contribution in [2.75, 3.05) is 0 Å². The average molecular weight is 179 g/mol. The van der Waals surface area contributed by atoms with Gasteiger partial charge in [0.2, 0.25) is 5.88 Å². The molecule has 0 aliphatic heterocycles. The van der Waals surface area contributed by atoms with E-state index in [-0.39, 0.29) is 0 Å². The van der Waals surface area contributed by atoms with Gasteiger partial charge in [-0.25, -0.2) is 4.98 Å². The molecular weight excluding hydrogens is 162 g/mol. The van der Waals surface area contributed by atoms with Gasteiger partial charge < -0.3 is 4.74 Å². The highest BCUT2D eigenvalue weighted by Gasteiger charge is 2.06. The Morgan fingerprint density at radius 1 is 1.38 bits per heavy atom. The zero-order valence-corrected chi connectivity index (χ0v) is 8.36. The first-order valence-corrected chi connectivity index (χ1v) is 4.94. The van der Waals surface area contributed by atoms with E-state index in [2.05, 4.69) is 18.8 Å². The molecule has 0 fully saturated rings. The zero-order chi connectivity index (χ0) is 9.52. The molecule has 0 spiro atoms. The van der Waals surface area contributed by atoms with E-state index in [4.69, 9.17) is 4.74 Å². The molecule has 0 aliphatic carbocycles. The Hall–Kier alpha value is -1.05. The summed E-state index contributed by atoms with van der Waals surface area (Å²) in [4.78, 5) is 4.13. The largest absolute Gasteiger partial charge is 0.474 e. The van der Waals surface area contributed by atoms with Crippen molar-refractivity contribution in [3.05, 3.63) is 24.4 Å². The Morgan fingerprint density at radius 2 is 2.23 bits per heavy atom. The quantitative estimate of drug-likeness (QED) is 0.693. The Balaban J connectivity index is 2.46. The summed E-state index contributed by atoms with van der Waals surface area (Å²) in [6.45, 7) is 4.31. The SMILES string of the molecule is CCCC(CC)Oc1ccccn1. The summed E-state index contributed by atoms with van der Waals surface area (Å²) in [6.07, 6.45) is 5.39. The van der Waals surface area contributed by atoms with Crippen LogP contribution in [0.2, 0.25) is 0 Å². The van der Waals surface area contributed by atoms with Gasteiger partial charge in [-0.2, -0.15) is 0 Å². The summed E-state index contributed by atoms with van der Waals surface area (Å²) in [5, 5.41) is 0. The van der Waals surface area contributed by atoms with Gasteiger partial charge in [-0.1, -0.05) is 26.3 Å². The molecule has 0 bridgehead atoms. The second-order valence-electron chi connectivity index (χ2n) is 3.10. The highest BCUT2D eigenvalue weighted by molar-refractivity contribution is 5.09. The smallest absolute Gasteiger partial charge is 0.213 e. The maximum absolute atomic E-state index is 5.69. The topological polar surface area (TPSA) is 22.1 Å². The molecule has 0 N–H and O–H groups in total. The first-order valence-electron chi connectivity index (χ1n) is 4.94. The van der Waals surface area contributed by atoms with Crippen molar-refractivity contribution in [3.8, 4) is 5.88 Å². The molecule has 1 aromatic heterocycles. The van der Waals surface area contributed by atoms with Crippen LogP contribution in [0.4, 0.5) is 0 Å². The molecular formula is C11H17NO. The maximum atomic E-state index is 5.69. The third-order valence-corrected chi connectivity index (χ3v) is 1.99. The fourth-order valence-corrected chi connectivity index (χ4v) is 1.26. The molecule has 1 heterocycles. The van der Waals surface area contributed by atoms with E-state index in [0.29, 0.717) is 6.10 Å². The van der Waals surface area contributed by atoms with Gasteiger partial charge in [0.05, 0.1) is 0 Å². The predicted molar refractivity (Wildman–Crippen MR) is 53.9 cm³/mol. The van der Waals surface area contributed by atoms with E-state index in [0.717, 1.165) is 25.1 Å². The summed E-state index contributed by atoms with van der Waals surface area (Å²) < 4.78 is 5.69. The van der Waals surface area contributed by atoms with Gasteiger partial charge in [0.1, 0.15) is 6.10 Å². The average Bonchev–Trinajstić information content (AvgIpc) is 2.19. The maximum Gasteiger partial charge on any atom is 0.213 e. The standard InChI is InChI=1S/C11H17NO/c1-3-7-10(4-2)13-11-8-5-6-9-12-11/h5-6,8-10H,3-4,7H2,1-2H3. The number of nitrogens with zero attached hydrogens (tertiary/aromatic N) is 1. The minimum Gasteiger partial charge on any atom is -0.474 e. The lowest BCUT2D eigenvalue weighted by molar-refractivity contribution is 0.178. The van der Waals surface area contributed by atoms with Gasteiger partial charge in [-0.3, -0.25) is 0 Å². The molecule has 0 radical (unpaired) electrons. The summed E-state index contributed by atoms with van der Waals surface area (Å²) in [6, 6.07) is 5.74. The van der Waals surface area contributed by atoms with E-state index in [1.165, 1.54) is 0 Å². The van der Waals surface area contributed by atoms with Crippen molar-refractivity contribution < 1.29 is 4.74 Å². The molecule has 1 unspecified atom stereocenters. The van der Waals surface area contributed by atoms with Crippen molar-refractivity contribution >= 4 is 0 Å². The van der Waals surface area contributed by atoms with Crippen LogP contribution in [0.25, 0.3) is 0 Å². The molecule has 72 valence electrons. The van der Waals surface area contributed by atoms with Crippen molar-refractivity contribution in [1.29, 1.82) is 0 Å². The molecule has 0 amide bonds. The molecule has 0 saturated heterocycles. The zero-order valence-electron chi connectivity index (χ0n) is 8.36. The fraction of sp³-hybridized carbons (Fsp3) is 0.545. The summed E-state index contributed by atoms with van der Waals surface area (Å²) in [7, 11) is 0. The van der Waals surface area contributed by atoms with Crippen LogP contribution in [-0.2, 0) is 0 Å². The van der Waals surface area contributed by atoms with Crippen LogP contribution in [0.5, 0.6) is 5.88 Å². The van der Waals surface area contributed by atoms with Gasteiger partial charge in [-0.05, 0) is 18.9 Å². The molecule has 0 saturated carbocycles. The van der Waals surface area contributed by atoms with E-state index in [1.807, 2.05) is 18.2 Å². The minimum absolute atomic E-state index is 0.319. The fourth-order valence-electron chi connectivity index (χ4n) is 1.26. The lowest BCUT2D eigenvalue weighted by Crippen LogP contribution is -2.15. The molecule has 1 aromatic rings. The third kappa shape index (κ3) is 3.45. The molecule has 2 nitrogen and oxygen atoms in total.